The SMILES string of the molecule is CCN(Cc1cc(C(F)(F)F)ccc1-c1cc(CC(=O)OC)ccc1OC)C(=O)COc1ccc(Cl)cc1. The normalized spacial score (nSPS) is 11.1. The zero-order chi connectivity index (χ0) is 27.9. The van der Waals surface area contributed by atoms with Crippen LogP contribution in [0.15, 0.2) is 60.7 Å². The zero-order valence-electron chi connectivity index (χ0n) is 21.1. The van der Waals surface area contributed by atoms with E-state index in [4.69, 9.17) is 25.8 Å². The molecule has 38 heavy (non-hydrogen) atoms. The highest BCUT2D eigenvalue weighted by atomic mass is 35.5. The summed E-state index contributed by atoms with van der Waals surface area (Å²) in [5, 5.41) is 0.516. The molecule has 0 radical (unpaired) electrons. The Labute approximate surface area is 223 Å². The first kappa shape index (κ1) is 28.8. The van der Waals surface area contributed by atoms with Gasteiger partial charge < -0.3 is 19.1 Å². The van der Waals surface area contributed by atoms with E-state index in [2.05, 4.69) is 0 Å². The highest BCUT2D eigenvalue weighted by molar-refractivity contribution is 6.30. The van der Waals surface area contributed by atoms with Gasteiger partial charge in [0.15, 0.2) is 6.61 Å². The summed E-state index contributed by atoms with van der Waals surface area (Å²) in [6, 6.07) is 14.8. The van der Waals surface area contributed by atoms with Crippen molar-refractivity contribution in [2.75, 3.05) is 27.4 Å². The molecular formula is C28H27ClF3NO5. The summed E-state index contributed by atoms with van der Waals surface area (Å²) in [6.45, 7) is 1.55. The second-order valence-corrected chi connectivity index (χ2v) is 8.74. The van der Waals surface area contributed by atoms with Gasteiger partial charge in [0.25, 0.3) is 5.91 Å². The minimum absolute atomic E-state index is 0.0227. The number of halogens is 4. The molecule has 10 heteroatoms. The van der Waals surface area contributed by atoms with E-state index < -0.39 is 23.6 Å². The average molecular weight is 550 g/mol. The fourth-order valence-electron chi connectivity index (χ4n) is 3.83. The van der Waals surface area contributed by atoms with Crippen LogP contribution in [0.1, 0.15) is 23.6 Å². The number of benzene rings is 3. The lowest BCUT2D eigenvalue weighted by atomic mass is 9.94. The summed E-state index contributed by atoms with van der Waals surface area (Å²) in [5.41, 5.74) is 0.931. The fraction of sp³-hybridized carbons (Fsp3) is 0.286. The monoisotopic (exact) mass is 549 g/mol. The number of esters is 1. The van der Waals surface area contributed by atoms with E-state index in [9.17, 15) is 22.8 Å². The van der Waals surface area contributed by atoms with E-state index in [1.165, 1.54) is 25.2 Å². The van der Waals surface area contributed by atoms with Crippen molar-refractivity contribution in [2.24, 2.45) is 0 Å². The van der Waals surface area contributed by atoms with Crippen LogP contribution in [0.25, 0.3) is 11.1 Å². The Hall–Kier alpha value is -3.72. The number of ether oxygens (including phenoxy) is 3. The number of amides is 1. The molecule has 202 valence electrons. The highest BCUT2D eigenvalue weighted by Gasteiger charge is 2.31. The van der Waals surface area contributed by atoms with Crippen molar-refractivity contribution in [1.29, 1.82) is 0 Å². The third-order valence-corrected chi connectivity index (χ3v) is 6.09. The van der Waals surface area contributed by atoms with Crippen LogP contribution in [0.5, 0.6) is 11.5 Å². The van der Waals surface area contributed by atoms with Crippen molar-refractivity contribution in [3.63, 3.8) is 0 Å². The van der Waals surface area contributed by atoms with Crippen LogP contribution in [-0.4, -0.2) is 44.1 Å². The Bertz CT molecular complexity index is 1280. The van der Waals surface area contributed by atoms with Gasteiger partial charge in [-0.15, -0.1) is 0 Å². The summed E-state index contributed by atoms with van der Waals surface area (Å²) >= 11 is 5.87. The molecule has 0 N–H and O–H groups in total. The molecule has 0 bridgehead atoms. The molecule has 3 aromatic rings. The number of carbonyl (C=O) groups is 2. The van der Waals surface area contributed by atoms with Crippen LogP contribution in [0, 0.1) is 0 Å². The van der Waals surface area contributed by atoms with Gasteiger partial charge in [-0.1, -0.05) is 23.7 Å². The van der Waals surface area contributed by atoms with Gasteiger partial charge in [-0.2, -0.15) is 13.2 Å². The van der Waals surface area contributed by atoms with Gasteiger partial charge in [-0.3, -0.25) is 9.59 Å². The summed E-state index contributed by atoms with van der Waals surface area (Å²) < 4.78 is 56.6. The lowest BCUT2D eigenvalue weighted by Crippen LogP contribution is -2.34. The van der Waals surface area contributed by atoms with E-state index in [1.807, 2.05) is 0 Å². The first-order chi connectivity index (χ1) is 18.0. The van der Waals surface area contributed by atoms with E-state index in [-0.39, 0.29) is 31.7 Å². The number of hydrogen-bond donors (Lipinski definition) is 0. The van der Waals surface area contributed by atoms with Crippen LogP contribution in [0.3, 0.4) is 0 Å². The van der Waals surface area contributed by atoms with Crippen LogP contribution in [0.4, 0.5) is 13.2 Å². The molecule has 0 saturated carbocycles. The molecule has 3 aromatic carbocycles. The molecule has 0 aliphatic carbocycles. The molecule has 0 aromatic heterocycles. The number of nitrogens with zero attached hydrogens (tertiary/aromatic N) is 1. The third-order valence-electron chi connectivity index (χ3n) is 5.83. The Balaban J connectivity index is 1.97. The predicted octanol–water partition coefficient (Wildman–Crippen LogP) is 6.18. The maximum atomic E-state index is 13.6. The molecule has 0 unspecified atom stereocenters. The van der Waals surface area contributed by atoms with Gasteiger partial charge in [0.1, 0.15) is 11.5 Å². The Kier molecular flexibility index (Phi) is 9.63. The number of likely N-dealkylation sites (N-methyl/N-ethyl adjacent to an activating group) is 1. The number of hydrogen-bond acceptors (Lipinski definition) is 5. The van der Waals surface area contributed by atoms with Crippen molar-refractivity contribution in [2.45, 2.75) is 26.1 Å². The van der Waals surface area contributed by atoms with Gasteiger partial charge in [0, 0.05) is 23.7 Å². The van der Waals surface area contributed by atoms with Crippen molar-refractivity contribution >= 4 is 23.5 Å². The van der Waals surface area contributed by atoms with Gasteiger partial charge in [-0.05, 0) is 72.1 Å². The molecule has 3 rings (SSSR count). The lowest BCUT2D eigenvalue weighted by Gasteiger charge is -2.24. The number of carbonyl (C=O) groups excluding carboxylic acids is 2. The van der Waals surface area contributed by atoms with Crippen LogP contribution in [-0.2, 0) is 33.5 Å². The molecule has 0 spiro atoms. The number of rotatable bonds is 10. The van der Waals surface area contributed by atoms with E-state index in [1.54, 1.807) is 49.4 Å². The molecule has 6 nitrogen and oxygen atoms in total. The van der Waals surface area contributed by atoms with Gasteiger partial charge in [-0.25, -0.2) is 0 Å². The van der Waals surface area contributed by atoms with Gasteiger partial charge in [0.05, 0.1) is 26.2 Å². The zero-order valence-corrected chi connectivity index (χ0v) is 21.9. The number of alkyl halides is 3. The Morgan fingerprint density at radius 1 is 0.947 bits per heavy atom. The molecule has 0 atom stereocenters. The van der Waals surface area contributed by atoms with Crippen molar-refractivity contribution in [3.8, 4) is 22.6 Å². The molecule has 1 amide bonds. The van der Waals surface area contributed by atoms with Crippen molar-refractivity contribution in [3.05, 3.63) is 82.4 Å². The maximum Gasteiger partial charge on any atom is 0.416 e. The largest absolute Gasteiger partial charge is 0.496 e. The van der Waals surface area contributed by atoms with Crippen molar-refractivity contribution in [1.82, 2.24) is 4.90 Å². The lowest BCUT2D eigenvalue weighted by molar-refractivity contribution is -0.140. The molecular weight excluding hydrogens is 523 g/mol. The predicted molar refractivity (Wildman–Crippen MR) is 137 cm³/mol. The summed E-state index contributed by atoms with van der Waals surface area (Å²) in [6.07, 6.45) is -4.60. The summed E-state index contributed by atoms with van der Waals surface area (Å²) in [4.78, 5) is 26.2. The molecule has 0 aliphatic rings. The van der Waals surface area contributed by atoms with Crippen LogP contribution in [0.2, 0.25) is 5.02 Å². The summed E-state index contributed by atoms with van der Waals surface area (Å²) in [5.74, 6) is -0.0276. The molecule has 0 fully saturated rings. The second-order valence-electron chi connectivity index (χ2n) is 8.31. The topological polar surface area (TPSA) is 65.1 Å². The smallest absolute Gasteiger partial charge is 0.416 e. The first-order valence-corrected chi connectivity index (χ1v) is 12.0. The van der Waals surface area contributed by atoms with E-state index in [0.29, 0.717) is 33.2 Å². The quantitative estimate of drug-likeness (QED) is 0.283. The Morgan fingerprint density at radius 2 is 1.66 bits per heavy atom. The molecule has 0 aliphatic heterocycles. The number of methoxy groups -OCH3 is 2. The Morgan fingerprint density at radius 3 is 2.26 bits per heavy atom. The van der Waals surface area contributed by atoms with Gasteiger partial charge in [0.2, 0.25) is 0 Å². The van der Waals surface area contributed by atoms with Crippen molar-refractivity contribution < 1.29 is 37.0 Å². The maximum absolute atomic E-state index is 13.6. The van der Waals surface area contributed by atoms with Gasteiger partial charge >= 0.3 is 12.1 Å². The van der Waals surface area contributed by atoms with E-state index >= 15 is 0 Å². The third kappa shape index (κ3) is 7.41. The first-order valence-electron chi connectivity index (χ1n) is 11.7. The summed E-state index contributed by atoms with van der Waals surface area (Å²) in [7, 11) is 2.71. The average Bonchev–Trinajstić information content (AvgIpc) is 2.90. The minimum atomic E-state index is -4.58. The highest BCUT2D eigenvalue weighted by Crippen LogP contribution is 2.38. The van der Waals surface area contributed by atoms with Crippen LogP contribution < -0.4 is 9.47 Å². The van der Waals surface area contributed by atoms with Crippen LogP contribution >= 0.6 is 11.6 Å². The molecule has 0 heterocycles. The minimum Gasteiger partial charge on any atom is -0.496 e. The molecule has 0 saturated heterocycles. The standard InChI is InChI=1S/C28H27ClF3NO5/c1-4-33(26(34)17-38-22-9-7-21(29)8-10-22)16-19-15-20(28(30,31)32)6-11-23(19)24-13-18(14-27(35)37-3)5-12-25(24)36-2/h5-13,15H,4,14,16-17H2,1-3H3. The van der Waals surface area contributed by atoms with E-state index in [0.717, 1.165) is 12.1 Å². The second kappa shape index (κ2) is 12.7. The fourth-order valence-corrected chi connectivity index (χ4v) is 3.95.